The van der Waals surface area contributed by atoms with Gasteiger partial charge in [-0.3, -0.25) is 4.79 Å². The van der Waals surface area contributed by atoms with Gasteiger partial charge in [-0.1, -0.05) is 18.2 Å². The van der Waals surface area contributed by atoms with Crippen LogP contribution in [0, 0.1) is 5.41 Å². The number of aromatic amines is 1. The van der Waals surface area contributed by atoms with Crippen molar-refractivity contribution in [2.24, 2.45) is 5.41 Å². The van der Waals surface area contributed by atoms with Crippen molar-refractivity contribution in [3.8, 4) is 0 Å². The van der Waals surface area contributed by atoms with Crippen molar-refractivity contribution in [1.29, 1.82) is 0 Å². The summed E-state index contributed by atoms with van der Waals surface area (Å²) < 4.78 is 0. The van der Waals surface area contributed by atoms with E-state index in [2.05, 4.69) is 20.6 Å². The van der Waals surface area contributed by atoms with Gasteiger partial charge in [-0.2, -0.15) is 5.21 Å². The van der Waals surface area contributed by atoms with Crippen molar-refractivity contribution in [2.45, 2.75) is 33.1 Å². The summed E-state index contributed by atoms with van der Waals surface area (Å²) in [7, 11) is 0. The highest BCUT2D eigenvalue weighted by atomic mass is 16.3. The number of H-pyrrole nitrogens is 1. The van der Waals surface area contributed by atoms with E-state index in [-0.39, 0.29) is 11.5 Å². The standard InChI is InChI=1S/C18H20N4O3/c1-11-9-13(23)3-4-14(11)15(24)10-16(25)18(2)7-5-12(6-8-18)17-19-21-22-20-17/h5-7,9-10,23-24H,3-4,8H2,1-2H3,(H,19,20,21,22). The van der Waals surface area contributed by atoms with Gasteiger partial charge in [0, 0.05) is 18.1 Å². The van der Waals surface area contributed by atoms with E-state index in [0.29, 0.717) is 36.4 Å². The predicted octanol–water partition coefficient (Wildman–Crippen LogP) is 3.11. The lowest BCUT2D eigenvalue weighted by molar-refractivity contribution is -0.120. The van der Waals surface area contributed by atoms with E-state index >= 15 is 0 Å². The summed E-state index contributed by atoms with van der Waals surface area (Å²) in [6.07, 6.45) is 9.85. The molecule has 1 aromatic rings. The Bertz CT molecular complexity index is 844. The molecule has 0 spiro atoms. The van der Waals surface area contributed by atoms with Gasteiger partial charge >= 0.3 is 0 Å². The first-order chi connectivity index (χ1) is 11.9. The summed E-state index contributed by atoms with van der Waals surface area (Å²) >= 11 is 0. The average Bonchev–Trinajstić information content (AvgIpc) is 3.09. The number of nitrogens with one attached hydrogen (secondary N) is 1. The summed E-state index contributed by atoms with van der Waals surface area (Å²) in [5, 5.41) is 33.6. The first-order valence-corrected chi connectivity index (χ1v) is 8.07. The molecule has 0 radical (unpaired) electrons. The van der Waals surface area contributed by atoms with Crippen LogP contribution in [0.4, 0.5) is 0 Å². The quantitative estimate of drug-likeness (QED) is 0.573. The molecule has 2 aliphatic carbocycles. The van der Waals surface area contributed by atoms with Crippen molar-refractivity contribution in [3.63, 3.8) is 0 Å². The van der Waals surface area contributed by atoms with Gasteiger partial charge in [0.1, 0.15) is 5.76 Å². The molecule has 1 atom stereocenters. The van der Waals surface area contributed by atoms with Crippen molar-refractivity contribution >= 4 is 11.4 Å². The number of ketones is 1. The molecule has 7 heteroatoms. The summed E-state index contributed by atoms with van der Waals surface area (Å²) in [5.41, 5.74) is 1.53. The molecule has 0 fully saturated rings. The van der Waals surface area contributed by atoms with E-state index in [9.17, 15) is 15.0 Å². The maximum atomic E-state index is 12.7. The normalized spacial score (nSPS) is 24.2. The average molecular weight is 340 g/mol. The molecule has 3 N–H and O–H groups in total. The highest BCUT2D eigenvalue weighted by Gasteiger charge is 2.31. The molecular weight excluding hydrogens is 320 g/mol. The molecule has 0 aliphatic heterocycles. The molecule has 25 heavy (non-hydrogen) atoms. The van der Waals surface area contributed by atoms with E-state index in [0.717, 1.165) is 11.1 Å². The fraction of sp³-hybridized carbons (Fsp3) is 0.333. The number of aliphatic hydroxyl groups is 2. The number of rotatable bonds is 4. The zero-order valence-corrected chi connectivity index (χ0v) is 14.2. The highest BCUT2D eigenvalue weighted by Crippen LogP contribution is 2.34. The molecule has 0 saturated carbocycles. The third kappa shape index (κ3) is 3.45. The maximum Gasteiger partial charge on any atom is 0.204 e. The third-order valence-corrected chi connectivity index (χ3v) is 4.61. The first-order valence-electron chi connectivity index (χ1n) is 8.07. The largest absolute Gasteiger partial charge is 0.512 e. The number of allylic oxidation sites excluding steroid dienone is 9. The maximum absolute atomic E-state index is 12.7. The van der Waals surface area contributed by atoms with Crippen molar-refractivity contribution < 1.29 is 15.0 Å². The second-order valence-corrected chi connectivity index (χ2v) is 6.54. The lowest BCUT2D eigenvalue weighted by atomic mass is 9.77. The Morgan fingerprint density at radius 2 is 2.20 bits per heavy atom. The highest BCUT2D eigenvalue weighted by molar-refractivity contribution is 5.98. The number of tetrazole rings is 1. The zero-order chi connectivity index (χ0) is 18.0. The van der Waals surface area contributed by atoms with Gasteiger partial charge in [0.2, 0.25) is 5.82 Å². The molecule has 0 amide bonds. The number of carbonyl (C=O) groups excluding carboxylic acids is 1. The Hall–Kier alpha value is -2.96. The van der Waals surface area contributed by atoms with Crippen LogP contribution in [0.2, 0.25) is 0 Å². The van der Waals surface area contributed by atoms with Crippen molar-refractivity contribution in [2.75, 3.05) is 0 Å². The second kappa shape index (κ2) is 6.51. The number of hydrogen-bond donors (Lipinski definition) is 3. The molecule has 1 heterocycles. The van der Waals surface area contributed by atoms with Gasteiger partial charge in [0.15, 0.2) is 5.78 Å². The molecule has 0 aromatic carbocycles. The number of aliphatic hydroxyl groups excluding tert-OH is 2. The van der Waals surface area contributed by atoms with Gasteiger partial charge < -0.3 is 10.2 Å². The summed E-state index contributed by atoms with van der Waals surface area (Å²) in [6, 6.07) is 0. The molecular formula is C18H20N4O3. The van der Waals surface area contributed by atoms with Crippen molar-refractivity contribution in [1.82, 2.24) is 20.6 Å². The number of aromatic nitrogens is 4. The Morgan fingerprint density at radius 1 is 1.40 bits per heavy atom. The Labute approximate surface area is 145 Å². The fourth-order valence-electron chi connectivity index (χ4n) is 2.93. The van der Waals surface area contributed by atoms with Crippen molar-refractivity contribution in [3.05, 3.63) is 58.9 Å². The van der Waals surface area contributed by atoms with E-state index in [1.165, 1.54) is 6.08 Å². The van der Waals surface area contributed by atoms with Gasteiger partial charge in [-0.25, -0.2) is 0 Å². The molecule has 7 nitrogen and oxygen atoms in total. The Kier molecular flexibility index (Phi) is 4.39. The second-order valence-electron chi connectivity index (χ2n) is 6.54. The van der Waals surface area contributed by atoms with Gasteiger partial charge in [0.25, 0.3) is 0 Å². The lowest BCUT2D eigenvalue weighted by Crippen LogP contribution is -2.25. The van der Waals surface area contributed by atoms with Crippen LogP contribution in [-0.2, 0) is 4.79 Å². The van der Waals surface area contributed by atoms with E-state index in [1.54, 1.807) is 25.2 Å². The van der Waals surface area contributed by atoms with Crippen LogP contribution in [0.25, 0.3) is 5.57 Å². The molecule has 130 valence electrons. The Morgan fingerprint density at radius 3 is 2.80 bits per heavy atom. The number of nitrogens with zero attached hydrogens (tertiary/aromatic N) is 3. The molecule has 2 aliphatic rings. The van der Waals surface area contributed by atoms with Gasteiger partial charge in [0.05, 0.1) is 11.2 Å². The minimum absolute atomic E-state index is 0.0335. The molecule has 0 saturated heterocycles. The van der Waals surface area contributed by atoms with Crippen LogP contribution >= 0.6 is 0 Å². The number of carbonyl (C=O) groups is 1. The summed E-state index contributed by atoms with van der Waals surface area (Å²) in [6.45, 7) is 3.63. The summed E-state index contributed by atoms with van der Waals surface area (Å²) in [5.74, 6) is 0.568. The first kappa shape index (κ1) is 16.9. The van der Waals surface area contributed by atoms with Gasteiger partial charge in [-0.05, 0) is 49.1 Å². The van der Waals surface area contributed by atoms with Crippen LogP contribution in [-0.4, -0.2) is 36.6 Å². The zero-order valence-electron chi connectivity index (χ0n) is 14.2. The van der Waals surface area contributed by atoms with E-state index in [1.807, 2.05) is 13.0 Å². The van der Waals surface area contributed by atoms with Crippen LogP contribution < -0.4 is 0 Å². The minimum atomic E-state index is -0.734. The monoisotopic (exact) mass is 340 g/mol. The van der Waals surface area contributed by atoms with Crippen LogP contribution in [0.3, 0.4) is 0 Å². The molecule has 1 aromatic heterocycles. The smallest absolute Gasteiger partial charge is 0.204 e. The fourth-order valence-corrected chi connectivity index (χ4v) is 2.93. The Balaban J connectivity index is 1.78. The van der Waals surface area contributed by atoms with E-state index < -0.39 is 5.41 Å². The minimum Gasteiger partial charge on any atom is -0.512 e. The summed E-state index contributed by atoms with van der Waals surface area (Å²) in [4.78, 5) is 12.7. The number of hydrogen-bond acceptors (Lipinski definition) is 6. The van der Waals surface area contributed by atoms with Crippen LogP contribution in [0.1, 0.15) is 38.9 Å². The van der Waals surface area contributed by atoms with Crippen LogP contribution in [0.5, 0.6) is 0 Å². The third-order valence-electron chi connectivity index (χ3n) is 4.61. The molecule has 1 unspecified atom stereocenters. The lowest BCUT2D eigenvalue weighted by Gasteiger charge is -2.25. The molecule has 3 rings (SSSR count). The van der Waals surface area contributed by atoms with E-state index in [4.69, 9.17) is 0 Å². The van der Waals surface area contributed by atoms with Gasteiger partial charge in [-0.15, -0.1) is 10.2 Å². The topological polar surface area (TPSA) is 112 Å². The predicted molar refractivity (Wildman–Crippen MR) is 92.4 cm³/mol. The SMILES string of the molecule is CC1=C(C(O)=CC(=O)C2(C)C=CC(c3nn[nH]n3)=CC2)CCC(O)=C1. The molecule has 0 bridgehead atoms. The van der Waals surface area contributed by atoms with Crippen LogP contribution in [0.15, 0.2) is 53.0 Å².